The van der Waals surface area contributed by atoms with Crippen LogP contribution in [0, 0.1) is 5.92 Å². The van der Waals surface area contributed by atoms with Crippen LogP contribution in [0.2, 0.25) is 0 Å². The van der Waals surface area contributed by atoms with Crippen LogP contribution in [0.5, 0.6) is 0 Å². The number of imidazole rings is 1. The number of aromatic nitrogens is 3. The molecule has 2 heterocycles. The van der Waals surface area contributed by atoms with Crippen LogP contribution in [0.25, 0.3) is 10.9 Å². The number of benzene rings is 1. The molecule has 0 radical (unpaired) electrons. The Morgan fingerprint density at radius 1 is 0.573 bits per heavy atom. The second-order valence-electron chi connectivity index (χ2n) is 21.3. The van der Waals surface area contributed by atoms with Crippen molar-refractivity contribution in [1.29, 1.82) is 0 Å². The van der Waals surface area contributed by atoms with E-state index in [2.05, 4.69) is 67.8 Å². The summed E-state index contributed by atoms with van der Waals surface area (Å²) in [5.41, 5.74) is 29.9. The monoisotopic (exact) mass is 1250 g/mol. The number of carbonyl (C=O) groups excluding carboxylic acids is 9. The van der Waals surface area contributed by atoms with Crippen molar-refractivity contribution in [2.24, 2.45) is 39.6 Å². The number of hydrogen-bond donors (Lipinski definition) is 20. The zero-order valence-electron chi connectivity index (χ0n) is 49.7. The number of aliphatic hydroxyl groups is 1. The fraction of sp³-hybridized carbons (Fsp3) is 0.564. The van der Waals surface area contributed by atoms with Gasteiger partial charge in [-0.25, -0.2) is 9.78 Å². The standard InChI is InChI=1S/C55H86N18O16/c1-29(2)45(53(87)72-40(54(88)89)22-30-24-63-34-11-4-3-10-32(30)34)73-51(85)39(23-31-25-61-28-65-31)71-49(83)37(13-6-8-20-57)70-52(86)41(27-74)66-42(75)26-64-47(81)35(14-9-21-62-55(59)60)68-48(82)36(12-5-7-19-56)69-50(84)38(16-18-44(78)79)67-46(80)33(58)15-17-43(76)77/h3-4,10-11,24-25,28-29,33,35-41,45,63,74H,5-9,12-23,26-27,56-58H2,1-2H3,(H,61,65)(H,64,81)(H,66,75)(H,67,80)(H,68,82)(H,69,84)(H,70,86)(H,71,83)(H,72,87)(H,73,85)(H,76,77)(H,78,79)(H,88,89)(H4,59,60,62)/t33-,35-,36-,37-,38-,39-,40-,41-,45-/m0/s1. The number of aromatic amines is 2. The van der Waals surface area contributed by atoms with Gasteiger partial charge in [0.1, 0.15) is 48.3 Å². The number of guanidine groups is 1. The number of nitrogens with one attached hydrogen (secondary N) is 11. The topological polar surface area (TPSA) is 581 Å². The summed E-state index contributed by atoms with van der Waals surface area (Å²) in [6.07, 6.45) is 3.16. The van der Waals surface area contributed by atoms with E-state index in [0.29, 0.717) is 24.1 Å². The molecule has 3 rings (SSSR count). The van der Waals surface area contributed by atoms with Gasteiger partial charge < -0.3 is 107 Å². The first-order valence-electron chi connectivity index (χ1n) is 29.0. The number of rotatable bonds is 43. The minimum atomic E-state index is -1.75. The number of carbonyl (C=O) groups is 12. The number of aliphatic hydroxyl groups excluding tert-OH is 1. The largest absolute Gasteiger partial charge is 0.481 e. The second kappa shape index (κ2) is 38.8. The maximum atomic E-state index is 14.2. The molecule has 2 aromatic heterocycles. The summed E-state index contributed by atoms with van der Waals surface area (Å²) in [7, 11) is 0. The summed E-state index contributed by atoms with van der Waals surface area (Å²) in [6, 6.07) is -6.00. The van der Waals surface area contributed by atoms with Gasteiger partial charge in [-0.3, -0.25) is 57.7 Å². The predicted octanol–water partition coefficient (Wildman–Crippen LogP) is -5.23. The van der Waals surface area contributed by atoms with Crippen molar-refractivity contribution in [2.45, 2.75) is 158 Å². The molecule has 0 aliphatic heterocycles. The average Bonchev–Trinajstić information content (AvgIpc) is 2.37. The van der Waals surface area contributed by atoms with Gasteiger partial charge >= 0.3 is 17.9 Å². The van der Waals surface area contributed by atoms with Gasteiger partial charge in [0.15, 0.2) is 5.96 Å². The van der Waals surface area contributed by atoms with Crippen molar-refractivity contribution in [3.63, 3.8) is 0 Å². The van der Waals surface area contributed by atoms with E-state index >= 15 is 0 Å². The average molecular weight is 1260 g/mol. The lowest BCUT2D eigenvalue weighted by Gasteiger charge is -2.28. The van der Waals surface area contributed by atoms with E-state index in [4.69, 9.17) is 33.8 Å². The molecule has 9 atom stereocenters. The van der Waals surface area contributed by atoms with Crippen molar-refractivity contribution in [1.82, 2.24) is 62.8 Å². The number of unbranched alkanes of at least 4 members (excludes halogenated alkanes) is 2. The van der Waals surface area contributed by atoms with Gasteiger partial charge in [0.2, 0.25) is 53.2 Å². The number of para-hydroxylation sites is 1. The quantitative estimate of drug-likeness (QED) is 0.0143. The Labute approximate surface area is 512 Å². The first-order chi connectivity index (χ1) is 42.3. The van der Waals surface area contributed by atoms with E-state index in [1.165, 1.54) is 12.5 Å². The maximum Gasteiger partial charge on any atom is 0.326 e. The van der Waals surface area contributed by atoms with Crippen LogP contribution in [0.1, 0.15) is 102 Å². The van der Waals surface area contributed by atoms with E-state index in [9.17, 15) is 72.9 Å². The fourth-order valence-electron chi connectivity index (χ4n) is 8.94. The van der Waals surface area contributed by atoms with Crippen molar-refractivity contribution >= 4 is 87.9 Å². The SMILES string of the molecule is CC(C)[C@H](NC(=O)[C@H](Cc1cnc[nH]1)NC(=O)[C@H](CCCCN)NC(=O)[C@H](CO)NC(=O)CNC(=O)[C@H](CCCN=C(N)N)NC(=O)[C@H](CCCCN)NC(=O)[C@H](CCC(=O)O)NC(=O)[C@@H](N)CCC(=O)O)C(=O)N[C@@H](Cc1c[nH]c2ccccc12)C(=O)O. The van der Waals surface area contributed by atoms with Crippen LogP contribution < -0.4 is 76.5 Å². The number of nitrogens with zero attached hydrogens (tertiary/aromatic N) is 2. The number of carboxylic acids is 3. The molecule has 0 saturated carbocycles. The molecule has 492 valence electrons. The molecule has 0 aliphatic carbocycles. The Morgan fingerprint density at radius 2 is 1.09 bits per heavy atom. The van der Waals surface area contributed by atoms with Crippen molar-refractivity contribution in [2.75, 3.05) is 32.8 Å². The van der Waals surface area contributed by atoms with Gasteiger partial charge in [0, 0.05) is 61.2 Å². The number of hydrogen-bond acceptors (Lipinski definition) is 18. The first-order valence-corrected chi connectivity index (χ1v) is 29.0. The first kappa shape index (κ1) is 74.0. The zero-order chi connectivity index (χ0) is 66.2. The molecule has 34 nitrogen and oxygen atoms in total. The van der Waals surface area contributed by atoms with Crippen molar-refractivity contribution < 1.29 is 78.0 Å². The molecule has 0 fully saturated rings. The van der Waals surface area contributed by atoms with Crippen molar-refractivity contribution in [3.05, 3.63) is 54.2 Å². The number of nitrogens with two attached hydrogens (primary N) is 5. The molecule has 0 bridgehead atoms. The lowest BCUT2D eigenvalue weighted by molar-refractivity contribution is -0.142. The van der Waals surface area contributed by atoms with E-state index < -0.39 is 164 Å². The molecular weight excluding hydrogens is 1170 g/mol. The Kier molecular flexibility index (Phi) is 32.2. The molecule has 0 spiro atoms. The van der Waals surface area contributed by atoms with Gasteiger partial charge in [-0.1, -0.05) is 32.0 Å². The van der Waals surface area contributed by atoms with E-state index in [1.807, 2.05) is 6.07 Å². The third kappa shape index (κ3) is 26.7. The van der Waals surface area contributed by atoms with Crippen LogP contribution >= 0.6 is 0 Å². The number of amides is 9. The number of H-pyrrole nitrogens is 2. The van der Waals surface area contributed by atoms with Gasteiger partial charge in [-0.15, -0.1) is 0 Å². The highest BCUT2D eigenvalue weighted by atomic mass is 16.4. The highest BCUT2D eigenvalue weighted by molar-refractivity contribution is 5.98. The third-order valence-electron chi connectivity index (χ3n) is 13.9. The highest BCUT2D eigenvalue weighted by Gasteiger charge is 2.36. The van der Waals surface area contributed by atoms with Gasteiger partial charge in [0.25, 0.3) is 0 Å². The minimum absolute atomic E-state index is 0.0305. The van der Waals surface area contributed by atoms with Crippen molar-refractivity contribution in [3.8, 4) is 0 Å². The lowest BCUT2D eigenvalue weighted by Crippen LogP contribution is -2.60. The van der Waals surface area contributed by atoms with Crippen LogP contribution in [0.4, 0.5) is 0 Å². The second-order valence-corrected chi connectivity index (χ2v) is 21.3. The molecule has 9 amide bonds. The molecule has 1 aromatic carbocycles. The molecule has 25 N–H and O–H groups in total. The lowest BCUT2D eigenvalue weighted by atomic mass is 10.00. The normalized spacial score (nSPS) is 14.1. The number of aliphatic carboxylic acids is 3. The van der Waals surface area contributed by atoms with Crippen LogP contribution in [-0.2, 0) is 70.4 Å². The number of carboxylic acid groups (broad SMARTS) is 3. The summed E-state index contributed by atoms with van der Waals surface area (Å²) < 4.78 is 0. The Hall–Kier alpha value is -9.28. The third-order valence-corrected chi connectivity index (χ3v) is 13.9. The smallest absolute Gasteiger partial charge is 0.326 e. The molecule has 3 aromatic rings. The molecule has 0 saturated heterocycles. The zero-order valence-corrected chi connectivity index (χ0v) is 49.7. The summed E-state index contributed by atoms with van der Waals surface area (Å²) in [5.74, 6) is -13.4. The maximum absolute atomic E-state index is 14.2. The molecule has 0 aliphatic rings. The van der Waals surface area contributed by atoms with Crippen LogP contribution in [-0.4, -0.2) is 200 Å². The van der Waals surface area contributed by atoms with E-state index in [-0.39, 0.29) is 83.4 Å². The Morgan fingerprint density at radius 3 is 1.63 bits per heavy atom. The van der Waals surface area contributed by atoms with Crippen LogP contribution in [0.15, 0.2) is 48.0 Å². The summed E-state index contributed by atoms with van der Waals surface area (Å²) >= 11 is 0. The number of fused-ring (bicyclic) bond motifs is 1. The van der Waals surface area contributed by atoms with Gasteiger partial charge in [-0.05, 0) is 94.8 Å². The minimum Gasteiger partial charge on any atom is -0.481 e. The van der Waals surface area contributed by atoms with E-state index in [1.54, 1.807) is 38.2 Å². The van der Waals surface area contributed by atoms with Crippen LogP contribution in [0.3, 0.4) is 0 Å². The molecule has 0 unspecified atom stereocenters. The fourth-order valence-corrected chi connectivity index (χ4v) is 8.94. The van der Waals surface area contributed by atoms with E-state index in [0.717, 1.165) is 10.9 Å². The predicted molar refractivity (Wildman–Crippen MR) is 320 cm³/mol. The summed E-state index contributed by atoms with van der Waals surface area (Å²) in [6.45, 7) is 1.69. The highest BCUT2D eigenvalue weighted by Crippen LogP contribution is 2.20. The molecule has 89 heavy (non-hydrogen) atoms. The van der Waals surface area contributed by atoms with Gasteiger partial charge in [0.05, 0.1) is 25.5 Å². The summed E-state index contributed by atoms with van der Waals surface area (Å²) in [4.78, 5) is 173. The Bertz CT molecular complexity index is 2880. The van der Waals surface area contributed by atoms with Gasteiger partial charge in [-0.2, -0.15) is 0 Å². The number of aliphatic imine (C=N–C) groups is 1. The Balaban J connectivity index is 1.79. The molecule has 34 heteroatoms. The molecular formula is C55H86N18O16. The summed E-state index contributed by atoms with van der Waals surface area (Å²) in [5, 5.41) is 61.8.